The zero-order chi connectivity index (χ0) is 14.3. The quantitative estimate of drug-likeness (QED) is 0.837. The first-order valence-corrected chi connectivity index (χ1v) is 6.39. The van der Waals surface area contributed by atoms with E-state index in [4.69, 9.17) is 14.2 Å². The molecular weight excluding hydrogens is 262 g/mol. The van der Waals surface area contributed by atoms with Gasteiger partial charge in [-0.05, 0) is 26.0 Å². The van der Waals surface area contributed by atoms with Crippen molar-refractivity contribution in [3.8, 4) is 5.75 Å². The Balaban J connectivity index is 1.74. The zero-order valence-electron chi connectivity index (χ0n) is 11.3. The summed E-state index contributed by atoms with van der Waals surface area (Å²) in [7, 11) is 0. The molecule has 6 nitrogen and oxygen atoms in total. The third-order valence-corrected chi connectivity index (χ3v) is 3.22. The molecule has 0 saturated carbocycles. The number of fused-ring (bicyclic) bond motifs is 1. The van der Waals surface area contributed by atoms with Gasteiger partial charge >= 0.3 is 0 Å². The number of hydrogen-bond donors (Lipinski definition) is 1. The summed E-state index contributed by atoms with van der Waals surface area (Å²) in [5, 5.41) is 2.25. The summed E-state index contributed by atoms with van der Waals surface area (Å²) in [6, 6.07) is 4.95. The third kappa shape index (κ3) is 2.28. The van der Waals surface area contributed by atoms with E-state index in [1.54, 1.807) is 18.2 Å². The average molecular weight is 277 g/mol. The summed E-state index contributed by atoms with van der Waals surface area (Å²) in [6.45, 7) is 4.37. The molecular formula is C14H15NO5. The van der Waals surface area contributed by atoms with Gasteiger partial charge in [0.05, 0.1) is 17.7 Å². The zero-order valence-corrected chi connectivity index (χ0v) is 11.3. The molecule has 2 heterocycles. The van der Waals surface area contributed by atoms with Crippen molar-refractivity contribution in [3.63, 3.8) is 0 Å². The van der Waals surface area contributed by atoms with E-state index < -0.39 is 17.6 Å². The molecule has 2 aliphatic rings. The average Bonchev–Trinajstić information content (AvgIpc) is 2.88. The molecule has 1 fully saturated rings. The lowest BCUT2D eigenvalue weighted by Crippen LogP contribution is -2.25. The fourth-order valence-corrected chi connectivity index (χ4v) is 2.34. The van der Waals surface area contributed by atoms with E-state index in [0.29, 0.717) is 17.9 Å². The molecule has 0 unspecified atom stereocenters. The van der Waals surface area contributed by atoms with Crippen molar-refractivity contribution in [1.29, 1.82) is 0 Å². The second kappa shape index (κ2) is 4.57. The molecule has 2 amide bonds. The van der Waals surface area contributed by atoms with Crippen molar-refractivity contribution in [2.24, 2.45) is 0 Å². The van der Waals surface area contributed by atoms with Gasteiger partial charge in [-0.15, -0.1) is 0 Å². The van der Waals surface area contributed by atoms with Crippen LogP contribution in [0.5, 0.6) is 5.75 Å². The Morgan fingerprint density at radius 3 is 2.85 bits per heavy atom. The number of nitrogens with one attached hydrogen (secondary N) is 1. The van der Waals surface area contributed by atoms with E-state index in [-0.39, 0.29) is 18.3 Å². The lowest BCUT2D eigenvalue weighted by molar-refractivity contribution is -0.141. The molecule has 106 valence electrons. The van der Waals surface area contributed by atoms with Crippen LogP contribution in [0.15, 0.2) is 18.2 Å². The van der Waals surface area contributed by atoms with Crippen LogP contribution in [0.25, 0.3) is 0 Å². The largest absolute Gasteiger partial charge is 0.490 e. The maximum Gasteiger partial charge on any atom is 0.262 e. The predicted octanol–water partition coefficient (Wildman–Crippen LogP) is 1.10. The Kier molecular flexibility index (Phi) is 2.99. The van der Waals surface area contributed by atoms with Crippen LogP contribution in [-0.4, -0.2) is 36.9 Å². The number of amides is 2. The molecule has 0 aliphatic carbocycles. The molecule has 1 saturated heterocycles. The standard InChI is InChI=1S/C14H15NO5/c1-14(2)19-7-8(20-14)6-18-10-5-3-4-9-11(10)13(17)15-12(9)16/h3-5,8H,6-7H2,1-2H3,(H,15,16,17)/t8-/m1/s1. The van der Waals surface area contributed by atoms with Crippen LogP contribution in [0.2, 0.25) is 0 Å². The van der Waals surface area contributed by atoms with E-state index in [2.05, 4.69) is 5.32 Å². The molecule has 0 spiro atoms. The van der Waals surface area contributed by atoms with Gasteiger partial charge in [0.1, 0.15) is 18.5 Å². The van der Waals surface area contributed by atoms with Crippen LogP contribution in [-0.2, 0) is 9.47 Å². The van der Waals surface area contributed by atoms with E-state index in [0.717, 1.165) is 0 Å². The van der Waals surface area contributed by atoms with Gasteiger partial charge in [0.15, 0.2) is 5.79 Å². The first-order chi connectivity index (χ1) is 9.46. The summed E-state index contributed by atoms with van der Waals surface area (Å²) in [5.74, 6) is -1.04. The number of ether oxygens (including phenoxy) is 3. The minimum Gasteiger partial charge on any atom is -0.490 e. The number of imide groups is 1. The molecule has 2 aliphatic heterocycles. The summed E-state index contributed by atoms with van der Waals surface area (Å²) < 4.78 is 16.7. The lowest BCUT2D eigenvalue weighted by atomic mass is 10.1. The Labute approximate surface area is 116 Å². The van der Waals surface area contributed by atoms with E-state index in [1.807, 2.05) is 13.8 Å². The van der Waals surface area contributed by atoms with Crippen LogP contribution in [0.1, 0.15) is 34.6 Å². The van der Waals surface area contributed by atoms with Gasteiger partial charge in [-0.25, -0.2) is 0 Å². The van der Waals surface area contributed by atoms with Gasteiger partial charge < -0.3 is 14.2 Å². The van der Waals surface area contributed by atoms with Crippen molar-refractivity contribution < 1.29 is 23.8 Å². The minimum atomic E-state index is -0.611. The highest BCUT2D eigenvalue weighted by Crippen LogP contribution is 2.28. The van der Waals surface area contributed by atoms with Gasteiger partial charge in [0.2, 0.25) is 0 Å². The van der Waals surface area contributed by atoms with Crippen LogP contribution in [0.4, 0.5) is 0 Å². The normalized spacial score (nSPS) is 23.6. The van der Waals surface area contributed by atoms with Crippen LogP contribution >= 0.6 is 0 Å². The Bertz CT molecular complexity index is 581. The Morgan fingerprint density at radius 1 is 1.35 bits per heavy atom. The topological polar surface area (TPSA) is 73.9 Å². The highest BCUT2D eigenvalue weighted by atomic mass is 16.7. The molecule has 20 heavy (non-hydrogen) atoms. The summed E-state index contributed by atoms with van der Waals surface area (Å²) >= 11 is 0. The molecule has 0 aromatic heterocycles. The van der Waals surface area contributed by atoms with Crippen molar-refractivity contribution >= 4 is 11.8 Å². The highest BCUT2D eigenvalue weighted by molar-refractivity contribution is 6.22. The molecule has 1 aromatic rings. The van der Waals surface area contributed by atoms with E-state index in [1.165, 1.54) is 0 Å². The van der Waals surface area contributed by atoms with Crippen molar-refractivity contribution in [1.82, 2.24) is 5.32 Å². The number of carbonyl (C=O) groups is 2. The fourth-order valence-electron chi connectivity index (χ4n) is 2.34. The number of hydrogen-bond acceptors (Lipinski definition) is 5. The lowest BCUT2D eigenvalue weighted by Gasteiger charge is -2.17. The second-order valence-electron chi connectivity index (χ2n) is 5.22. The second-order valence-corrected chi connectivity index (χ2v) is 5.22. The molecule has 1 atom stereocenters. The van der Waals surface area contributed by atoms with Gasteiger partial charge in [-0.1, -0.05) is 6.07 Å². The smallest absolute Gasteiger partial charge is 0.262 e. The van der Waals surface area contributed by atoms with Crippen molar-refractivity contribution in [2.75, 3.05) is 13.2 Å². The van der Waals surface area contributed by atoms with Gasteiger partial charge in [0, 0.05) is 0 Å². The van der Waals surface area contributed by atoms with Crippen molar-refractivity contribution in [3.05, 3.63) is 29.3 Å². The molecule has 6 heteroatoms. The molecule has 1 N–H and O–H groups in total. The summed E-state index contributed by atoms with van der Waals surface area (Å²) in [5.41, 5.74) is 0.632. The monoisotopic (exact) mass is 277 g/mol. The Hall–Kier alpha value is -1.92. The maximum absolute atomic E-state index is 11.7. The summed E-state index contributed by atoms with van der Waals surface area (Å²) in [6.07, 6.45) is -0.193. The first-order valence-electron chi connectivity index (χ1n) is 6.39. The molecule has 0 bridgehead atoms. The van der Waals surface area contributed by atoms with Gasteiger partial charge in [0.25, 0.3) is 11.8 Å². The number of carbonyl (C=O) groups excluding carboxylic acids is 2. The predicted molar refractivity (Wildman–Crippen MR) is 68.6 cm³/mol. The van der Waals surface area contributed by atoms with Gasteiger partial charge in [-0.3, -0.25) is 14.9 Å². The third-order valence-electron chi connectivity index (χ3n) is 3.22. The van der Waals surface area contributed by atoms with Crippen molar-refractivity contribution in [2.45, 2.75) is 25.7 Å². The maximum atomic E-state index is 11.7. The number of rotatable bonds is 3. The van der Waals surface area contributed by atoms with Crippen LogP contribution in [0.3, 0.4) is 0 Å². The highest BCUT2D eigenvalue weighted by Gasteiger charge is 2.34. The molecule has 0 radical (unpaired) electrons. The van der Waals surface area contributed by atoms with E-state index in [9.17, 15) is 9.59 Å². The van der Waals surface area contributed by atoms with Crippen LogP contribution in [0, 0.1) is 0 Å². The first kappa shape index (κ1) is 13.1. The fraction of sp³-hybridized carbons (Fsp3) is 0.429. The van der Waals surface area contributed by atoms with Gasteiger partial charge in [-0.2, -0.15) is 0 Å². The summed E-state index contributed by atoms with van der Waals surface area (Å²) in [4.78, 5) is 23.3. The Morgan fingerprint density at radius 2 is 2.15 bits per heavy atom. The minimum absolute atomic E-state index is 0.193. The SMILES string of the molecule is CC1(C)OC[C@@H](COc2cccc3c2C(=O)NC3=O)O1. The molecule has 1 aromatic carbocycles. The van der Waals surface area contributed by atoms with E-state index >= 15 is 0 Å². The molecule has 3 rings (SSSR count). The number of benzene rings is 1. The van der Waals surface area contributed by atoms with Crippen LogP contribution < -0.4 is 10.1 Å².